The van der Waals surface area contributed by atoms with Crippen LogP contribution in [0.15, 0.2) is 24.3 Å². The lowest BCUT2D eigenvalue weighted by atomic mass is 9.90. The Morgan fingerprint density at radius 2 is 1.89 bits per heavy atom. The molecule has 1 atom stereocenters. The van der Waals surface area contributed by atoms with Gasteiger partial charge in [0.2, 0.25) is 0 Å². The van der Waals surface area contributed by atoms with Gasteiger partial charge in [-0.1, -0.05) is 38.1 Å². The summed E-state index contributed by atoms with van der Waals surface area (Å²) in [6, 6.07) is 8.11. The second-order valence-electron chi connectivity index (χ2n) is 4.82. The fraction of sp³-hybridized carbons (Fsp3) is 0.533. The van der Waals surface area contributed by atoms with Crippen LogP contribution >= 0.6 is 0 Å². The molecule has 0 radical (unpaired) electrons. The first kappa shape index (κ1) is 14.7. The minimum atomic E-state index is -0.832. The van der Waals surface area contributed by atoms with Gasteiger partial charge in [-0.3, -0.25) is 10.1 Å². The molecule has 1 unspecified atom stereocenters. The molecule has 0 saturated heterocycles. The van der Waals surface area contributed by atoms with E-state index in [1.807, 2.05) is 52.0 Å². The zero-order valence-electron chi connectivity index (χ0n) is 11.7. The highest BCUT2D eigenvalue weighted by Gasteiger charge is 2.36. The summed E-state index contributed by atoms with van der Waals surface area (Å²) in [4.78, 5) is 11.5. The lowest BCUT2D eigenvalue weighted by Crippen LogP contribution is -2.52. The van der Waals surface area contributed by atoms with Gasteiger partial charge in [0.05, 0.1) is 0 Å². The van der Waals surface area contributed by atoms with Crippen molar-refractivity contribution in [1.29, 1.82) is 0 Å². The summed E-state index contributed by atoms with van der Waals surface area (Å²) in [5, 5.41) is 12.7. The van der Waals surface area contributed by atoms with Crippen LogP contribution in [0.5, 0.6) is 0 Å². The third kappa shape index (κ3) is 2.91. The summed E-state index contributed by atoms with van der Waals surface area (Å²) in [6.45, 7) is 7.89. The molecule has 0 aromatic heterocycles. The molecule has 1 aromatic carbocycles. The Bertz CT molecular complexity index is 411. The first-order valence-electron chi connectivity index (χ1n) is 6.53. The molecule has 1 aromatic rings. The van der Waals surface area contributed by atoms with E-state index in [1.165, 1.54) is 5.56 Å². The summed E-state index contributed by atoms with van der Waals surface area (Å²) < 4.78 is 0. The largest absolute Gasteiger partial charge is 0.480 e. The number of carboxylic acid groups (broad SMARTS) is 1. The Morgan fingerprint density at radius 3 is 2.33 bits per heavy atom. The van der Waals surface area contributed by atoms with Gasteiger partial charge in [0, 0.05) is 6.04 Å². The van der Waals surface area contributed by atoms with Crippen molar-refractivity contribution >= 4 is 5.97 Å². The second-order valence-corrected chi connectivity index (χ2v) is 4.82. The van der Waals surface area contributed by atoms with Gasteiger partial charge in [0.1, 0.15) is 5.54 Å². The molecule has 3 heteroatoms. The molecule has 0 heterocycles. The van der Waals surface area contributed by atoms with E-state index < -0.39 is 11.5 Å². The number of aryl methyl sites for hydroxylation is 1. The van der Waals surface area contributed by atoms with E-state index in [0.29, 0.717) is 12.8 Å². The topological polar surface area (TPSA) is 49.3 Å². The zero-order chi connectivity index (χ0) is 13.8. The Hall–Kier alpha value is -1.35. The first-order chi connectivity index (χ1) is 8.46. The van der Waals surface area contributed by atoms with E-state index in [2.05, 4.69) is 5.32 Å². The molecule has 1 rings (SSSR count). The molecule has 0 saturated carbocycles. The van der Waals surface area contributed by atoms with Gasteiger partial charge < -0.3 is 5.11 Å². The van der Waals surface area contributed by atoms with Crippen LogP contribution < -0.4 is 5.32 Å². The summed E-state index contributed by atoms with van der Waals surface area (Å²) in [5.74, 6) is -0.770. The van der Waals surface area contributed by atoms with Crippen LogP contribution in [0.1, 0.15) is 50.8 Å². The van der Waals surface area contributed by atoms with Crippen LogP contribution in [0.25, 0.3) is 0 Å². The SMILES string of the molecule is CCC(CC)(NC(C)c1ccccc1C)C(=O)O. The average molecular weight is 249 g/mol. The van der Waals surface area contributed by atoms with Crippen LogP contribution in [0.3, 0.4) is 0 Å². The molecule has 0 amide bonds. The molecule has 100 valence electrons. The predicted octanol–water partition coefficient (Wildman–Crippen LogP) is 3.29. The number of benzene rings is 1. The quantitative estimate of drug-likeness (QED) is 0.813. The molecule has 0 aliphatic heterocycles. The summed E-state index contributed by atoms with van der Waals surface area (Å²) >= 11 is 0. The maximum atomic E-state index is 11.5. The van der Waals surface area contributed by atoms with E-state index in [9.17, 15) is 9.90 Å². The summed E-state index contributed by atoms with van der Waals surface area (Å²) in [5.41, 5.74) is 1.51. The van der Waals surface area contributed by atoms with Crippen molar-refractivity contribution in [3.8, 4) is 0 Å². The number of rotatable bonds is 6. The molecular formula is C15H23NO2. The minimum Gasteiger partial charge on any atom is -0.480 e. The number of carboxylic acids is 1. The Morgan fingerprint density at radius 1 is 1.33 bits per heavy atom. The van der Waals surface area contributed by atoms with Crippen molar-refractivity contribution in [2.75, 3.05) is 0 Å². The van der Waals surface area contributed by atoms with Gasteiger partial charge in [0.25, 0.3) is 0 Å². The third-order valence-electron chi connectivity index (χ3n) is 3.76. The van der Waals surface area contributed by atoms with Crippen LogP contribution in [-0.4, -0.2) is 16.6 Å². The van der Waals surface area contributed by atoms with Crippen LogP contribution in [-0.2, 0) is 4.79 Å². The lowest BCUT2D eigenvalue weighted by Gasteiger charge is -2.32. The lowest BCUT2D eigenvalue weighted by molar-refractivity contribution is -0.145. The summed E-state index contributed by atoms with van der Waals surface area (Å²) in [6.07, 6.45) is 1.16. The van der Waals surface area contributed by atoms with Gasteiger partial charge in [-0.25, -0.2) is 0 Å². The number of carbonyl (C=O) groups is 1. The number of hydrogen-bond donors (Lipinski definition) is 2. The number of nitrogens with one attached hydrogen (secondary N) is 1. The van der Waals surface area contributed by atoms with E-state index in [-0.39, 0.29) is 6.04 Å². The minimum absolute atomic E-state index is 0.0298. The third-order valence-corrected chi connectivity index (χ3v) is 3.76. The van der Waals surface area contributed by atoms with Crippen LogP contribution in [0.2, 0.25) is 0 Å². The highest BCUT2D eigenvalue weighted by molar-refractivity contribution is 5.78. The molecule has 3 nitrogen and oxygen atoms in total. The Kier molecular flexibility index (Phi) is 4.91. The summed E-state index contributed by atoms with van der Waals surface area (Å²) in [7, 11) is 0. The normalized spacial score (nSPS) is 13.3. The van der Waals surface area contributed by atoms with Gasteiger partial charge in [-0.2, -0.15) is 0 Å². The van der Waals surface area contributed by atoms with Crippen molar-refractivity contribution in [3.05, 3.63) is 35.4 Å². The molecule has 0 spiro atoms. The zero-order valence-corrected chi connectivity index (χ0v) is 11.7. The van der Waals surface area contributed by atoms with E-state index in [4.69, 9.17) is 0 Å². The van der Waals surface area contributed by atoms with Crippen LogP contribution in [0, 0.1) is 6.92 Å². The number of hydrogen-bond acceptors (Lipinski definition) is 2. The second kappa shape index (κ2) is 6.01. The molecule has 0 aliphatic rings. The van der Waals surface area contributed by atoms with Crippen molar-refractivity contribution in [1.82, 2.24) is 5.32 Å². The molecule has 18 heavy (non-hydrogen) atoms. The molecule has 0 fully saturated rings. The molecule has 0 bridgehead atoms. The molecule has 0 aliphatic carbocycles. The van der Waals surface area contributed by atoms with Gasteiger partial charge in [0.15, 0.2) is 0 Å². The van der Waals surface area contributed by atoms with Gasteiger partial charge in [-0.05, 0) is 37.8 Å². The average Bonchev–Trinajstić information content (AvgIpc) is 2.36. The first-order valence-corrected chi connectivity index (χ1v) is 6.53. The predicted molar refractivity (Wildman–Crippen MR) is 73.7 cm³/mol. The highest BCUT2D eigenvalue weighted by atomic mass is 16.4. The van der Waals surface area contributed by atoms with E-state index >= 15 is 0 Å². The van der Waals surface area contributed by atoms with Gasteiger partial charge >= 0.3 is 5.97 Å². The maximum Gasteiger partial charge on any atom is 0.323 e. The van der Waals surface area contributed by atoms with Gasteiger partial charge in [-0.15, -0.1) is 0 Å². The molecular weight excluding hydrogens is 226 g/mol. The Labute approximate surface area is 109 Å². The van der Waals surface area contributed by atoms with Crippen molar-refractivity contribution in [2.45, 2.75) is 52.1 Å². The fourth-order valence-corrected chi connectivity index (χ4v) is 2.38. The number of aliphatic carboxylic acids is 1. The van der Waals surface area contributed by atoms with Crippen molar-refractivity contribution in [3.63, 3.8) is 0 Å². The van der Waals surface area contributed by atoms with Crippen molar-refractivity contribution < 1.29 is 9.90 Å². The standard InChI is InChI=1S/C15H23NO2/c1-5-15(6-2,14(17)18)16-12(4)13-10-8-7-9-11(13)3/h7-10,12,16H,5-6H2,1-4H3,(H,17,18). The highest BCUT2D eigenvalue weighted by Crippen LogP contribution is 2.24. The van der Waals surface area contributed by atoms with Crippen molar-refractivity contribution in [2.24, 2.45) is 0 Å². The Balaban J connectivity index is 2.95. The van der Waals surface area contributed by atoms with E-state index in [0.717, 1.165) is 5.56 Å². The smallest absolute Gasteiger partial charge is 0.323 e. The fourth-order valence-electron chi connectivity index (χ4n) is 2.38. The monoisotopic (exact) mass is 249 g/mol. The van der Waals surface area contributed by atoms with E-state index in [1.54, 1.807) is 0 Å². The molecule has 2 N–H and O–H groups in total. The van der Waals surface area contributed by atoms with Crippen LogP contribution in [0.4, 0.5) is 0 Å². The maximum absolute atomic E-state index is 11.5.